The average molecular weight is 302 g/mol. The minimum absolute atomic E-state index is 0.663. The lowest BCUT2D eigenvalue weighted by atomic mass is 10.1. The Morgan fingerprint density at radius 3 is 2.67 bits per heavy atom. The van der Waals surface area contributed by atoms with Crippen LogP contribution in [0.3, 0.4) is 0 Å². The first-order valence-electron chi connectivity index (χ1n) is 7.54. The molecule has 1 saturated carbocycles. The maximum Gasteiger partial charge on any atom is 0.146 e. The van der Waals surface area contributed by atoms with E-state index >= 15 is 0 Å². The van der Waals surface area contributed by atoms with Gasteiger partial charge in [0.05, 0.1) is 5.02 Å². The SMILES string of the molecule is CCc1ccccc1Oc1ccc(CNC2CC2)cc1Cl. The molecule has 110 valence electrons. The lowest BCUT2D eigenvalue weighted by molar-refractivity contribution is 0.477. The van der Waals surface area contributed by atoms with Gasteiger partial charge >= 0.3 is 0 Å². The van der Waals surface area contributed by atoms with Crippen LogP contribution < -0.4 is 10.1 Å². The molecule has 2 aromatic rings. The Hall–Kier alpha value is -1.51. The van der Waals surface area contributed by atoms with Gasteiger partial charge in [-0.2, -0.15) is 0 Å². The highest BCUT2D eigenvalue weighted by Crippen LogP contribution is 2.32. The molecule has 0 unspecified atom stereocenters. The van der Waals surface area contributed by atoms with Crippen molar-refractivity contribution in [3.63, 3.8) is 0 Å². The smallest absolute Gasteiger partial charge is 0.146 e. The van der Waals surface area contributed by atoms with Gasteiger partial charge in [-0.1, -0.05) is 42.8 Å². The number of hydrogen-bond donors (Lipinski definition) is 1. The van der Waals surface area contributed by atoms with Crippen molar-refractivity contribution in [3.8, 4) is 11.5 Å². The molecule has 1 aliphatic rings. The predicted molar refractivity (Wildman–Crippen MR) is 87.2 cm³/mol. The quantitative estimate of drug-likeness (QED) is 0.815. The highest BCUT2D eigenvalue weighted by molar-refractivity contribution is 6.32. The first-order valence-corrected chi connectivity index (χ1v) is 7.91. The van der Waals surface area contributed by atoms with E-state index in [-0.39, 0.29) is 0 Å². The minimum atomic E-state index is 0.663. The van der Waals surface area contributed by atoms with Crippen molar-refractivity contribution in [2.24, 2.45) is 0 Å². The van der Waals surface area contributed by atoms with Crippen LogP contribution in [0.5, 0.6) is 11.5 Å². The van der Waals surface area contributed by atoms with Gasteiger partial charge in [0.2, 0.25) is 0 Å². The zero-order valence-electron chi connectivity index (χ0n) is 12.2. The molecule has 1 fully saturated rings. The maximum absolute atomic E-state index is 6.35. The summed E-state index contributed by atoms with van der Waals surface area (Å²) in [6.45, 7) is 2.99. The number of benzene rings is 2. The Morgan fingerprint density at radius 1 is 1.14 bits per heavy atom. The Balaban J connectivity index is 1.72. The van der Waals surface area contributed by atoms with Crippen LogP contribution in [-0.2, 0) is 13.0 Å². The van der Waals surface area contributed by atoms with Crippen molar-refractivity contribution in [1.29, 1.82) is 0 Å². The highest BCUT2D eigenvalue weighted by atomic mass is 35.5. The molecular weight excluding hydrogens is 282 g/mol. The largest absolute Gasteiger partial charge is 0.456 e. The van der Waals surface area contributed by atoms with Gasteiger partial charge in [0, 0.05) is 12.6 Å². The Bertz CT molecular complexity index is 622. The molecule has 0 amide bonds. The summed E-state index contributed by atoms with van der Waals surface area (Å²) in [5.41, 5.74) is 2.39. The third-order valence-electron chi connectivity index (χ3n) is 3.74. The molecule has 0 bridgehead atoms. The molecule has 3 heteroatoms. The molecule has 1 aliphatic carbocycles. The van der Waals surface area contributed by atoms with E-state index < -0.39 is 0 Å². The first kappa shape index (κ1) is 14.4. The van der Waals surface area contributed by atoms with Gasteiger partial charge in [-0.05, 0) is 48.6 Å². The molecule has 2 nitrogen and oxygen atoms in total. The molecule has 0 saturated heterocycles. The van der Waals surface area contributed by atoms with Crippen molar-refractivity contribution >= 4 is 11.6 Å². The summed E-state index contributed by atoms with van der Waals surface area (Å²) < 4.78 is 5.97. The first-order chi connectivity index (χ1) is 10.3. The molecule has 0 atom stereocenters. The second kappa shape index (κ2) is 6.50. The predicted octanol–water partition coefficient (Wildman–Crippen LogP) is 4.95. The Labute approximate surface area is 131 Å². The molecule has 0 radical (unpaired) electrons. The highest BCUT2D eigenvalue weighted by Gasteiger charge is 2.20. The van der Waals surface area contributed by atoms with Gasteiger partial charge in [0.1, 0.15) is 11.5 Å². The second-order valence-corrected chi connectivity index (χ2v) is 5.89. The standard InChI is InChI=1S/C18H20ClNO/c1-2-14-5-3-4-6-17(14)21-18-10-7-13(11-16(18)19)12-20-15-8-9-15/h3-7,10-11,15,20H,2,8-9,12H2,1H3. The zero-order valence-corrected chi connectivity index (χ0v) is 13.0. The molecule has 3 rings (SSSR count). The summed E-state index contributed by atoms with van der Waals surface area (Å²) in [6.07, 6.45) is 3.53. The van der Waals surface area contributed by atoms with E-state index in [4.69, 9.17) is 16.3 Å². The molecule has 0 spiro atoms. The van der Waals surface area contributed by atoms with E-state index in [0.717, 1.165) is 18.7 Å². The van der Waals surface area contributed by atoms with Gasteiger partial charge in [-0.25, -0.2) is 0 Å². The normalized spacial score (nSPS) is 14.2. The van der Waals surface area contributed by atoms with E-state index in [2.05, 4.69) is 24.4 Å². The van der Waals surface area contributed by atoms with Crippen LogP contribution in [0.15, 0.2) is 42.5 Å². The van der Waals surface area contributed by atoms with E-state index in [1.807, 2.05) is 30.3 Å². The maximum atomic E-state index is 6.35. The van der Waals surface area contributed by atoms with Crippen LogP contribution in [0.25, 0.3) is 0 Å². The third kappa shape index (κ3) is 3.78. The molecule has 1 N–H and O–H groups in total. The van der Waals surface area contributed by atoms with Crippen molar-refractivity contribution in [3.05, 3.63) is 58.6 Å². The van der Waals surface area contributed by atoms with E-state index in [1.165, 1.54) is 24.0 Å². The number of nitrogens with one attached hydrogen (secondary N) is 1. The van der Waals surface area contributed by atoms with E-state index in [0.29, 0.717) is 16.8 Å². The molecule has 2 aromatic carbocycles. The van der Waals surface area contributed by atoms with Crippen LogP contribution in [-0.4, -0.2) is 6.04 Å². The van der Waals surface area contributed by atoms with E-state index in [1.54, 1.807) is 0 Å². The third-order valence-corrected chi connectivity index (χ3v) is 4.04. The second-order valence-electron chi connectivity index (χ2n) is 5.48. The lowest BCUT2D eigenvalue weighted by Crippen LogP contribution is -2.15. The summed E-state index contributed by atoms with van der Waals surface area (Å²) in [5.74, 6) is 1.60. The van der Waals surface area contributed by atoms with Crippen LogP contribution in [0.4, 0.5) is 0 Å². The summed E-state index contributed by atoms with van der Waals surface area (Å²) in [5, 5.41) is 4.15. The van der Waals surface area contributed by atoms with Crippen LogP contribution in [0.1, 0.15) is 30.9 Å². The average Bonchev–Trinajstić information content (AvgIpc) is 3.32. The number of para-hydroxylation sites is 1. The Morgan fingerprint density at radius 2 is 1.95 bits per heavy atom. The molecule has 0 heterocycles. The van der Waals surface area contributed by atoms with Gasteiger partial charge < -0.3 is 10.1 Å². The summed E-state index contributed by atoms with van der Waals surface area (Å²) in [4.78, 5) is 0. The summed E-state index contributed by atoms with van der Waals surface area (Å²) in [6, 6.07) is 14.8. The molecule has 0 aliphatic heterocycles. The van der Waals surface area contributed by atoms with Crippen LogP contribution >= 0.6 is 11.6 Å². The zero-order chi connectivity index (χ0) is 14.7. The van der Waals surface area contributed by atoms with Crippen molar-refractivity contribution in [2.75, 3.05) is 0 Å². The number of aryl methyl sites for hydroxylation is 1. The number of rotatable bonds is 6. The Kier molecular flexibility index (Phi) is 4.47. The lowest BCUT2D eigenvalue weighted by Gasteiger charge is -2.12. The van der Waals surface area contributed by atoms with Crippen LogP contribution in [0.2, 0.25) is 5.02 Å². The molecular formula is C18H20ClNO. The fourth-order valence-electron chi connectivity index (χ4n) is 2.30. The minimum Gasteiger partial charge on any atom is -0.456 e. The van der Waals surface area contributed by atoms with Crippen LogP contribution in [0, 0.1) is 0 Å². The van der Waals surface area contributed by atoms with Crippen molar-refractivity contribution < 1.29 is 4.74 Å². The van der Waals surface area contributed by atoms with E-state index in [9.17, 15) is 0 Å². The summed E-state index contributed by atoms with van der Waals surface area (Å²) >= 11 is 6.35. The fourth-order valence-corrected chi connectivity index (χ4v) is 2.54. The number of ether oxygens (including phenoxy) is 1. The van der Waals surface area contributed by atoms with Gasteiger partial charge in [0.15, 0.2) is 0 Å². The number of halogens is 1. The topological polar surface area (TPSA) is 21.3 Å². The number of hydrogen-bond acceptors (Lipinski definition) is 2. The van der Waals surface area contributed by atoms with Crippen molar-refractivity contribution in [1.82, 2.24) is 5.32 Å². The monoisotopic (exact) mass is 301 g/mol. The van der Waals surface area contributed by atoms with Crippen molar-refractivity contribution in [2.45, 2.75) is 38.8 Å². The summed E-state index contributed by atoms with van der Waals surface area (Å²) in [7, 11) is 0. The van der Waals surface area contributed by atoms with Gasteiger partial charge in [0.25, 0.3) is 0 Å². The fraction of sp³-hybridized carbons (Fsp3) is 0.333. The molecule has 21 heavy (non-hydrogen) atoms. The van der Waals surface area contributed by atoms with Gasteiger partial charge in [-0.3, -0.25) is 0 Å². The molecule has 0 aromatic heterocycles. The van der Waals surface area contributed by atoms with Gasteiger partial charge in [-0.15, -0.1) is 0 Å².